The first kappa shape index (κ1) is 17.0. The van der Waals surface area contributed by atoms with Gasteiger partial charge in [0, 0.05) is 16.2 Å². The fourth-order valence-electron chi connectivity index (χ4n) is 3.05. The first-order valence-electron chi connectivity index (χ1n) is 8.40. The average Bonchev–Trinajstić information content (AvgIpc) is 3.03. The number of para-hydroxylation sites is 1. The largest absolute Gasteiger partial charge is 0.305 e. The zero-order valence-electron chi connectivity index (χ0n) is 14.6. The monoisotopic (exact) mass is 382 g/mol. The number of rotatable bonds is 4. The first-order chi connectivity index (χ1) is 11.5. The van der Waals surface area contributed by atoms with E-state index in [1.807, 2.05) is 18.5 Å². The van der Waals surface area contributed by atoms with Crippen molar-refractivity contribution in [2.75, 3.05) is 0 Å². The molecule has 0 amide bonds. The minimum Gasteiger partial charge on any atom is -0.305 e. The zero-order chi connectivity index (χ0) is 17.3. The topological polar surface area (TPSA) is 17.8 Å². The summed E-state index contributed by atoms with van der Waals surface area (Å²) in [6.45, 7) is 8.98. The lowest BCUT2D eigenvalue weighted by Gasteiger charge is -2.20. The highest BCUT2D eigenvalue weighted by Gasteiger charge is 2.16. The molecule has 0 N–H and O–H groups in total. The third-order valence-corrected chi connectivity index (χ3v) is 4.80. The maximum Gasteiger partial charge on any atom is 0.0999 e. The van der Waals surface area contributed by atoms with Crippen LogP contribution in [0.4, 0.5) is 0 Å². The van der Waals surface area contributed by atoms with E-state index in [2.05, 4.69) is 89.7 Å². The number of aromatic nitrogens is 2. The Morgan fingerprint density at radius 3 is 2.12 bits per heavy atom. The molecule has 0 bridgehead atoms. The van der Waals surface area contributed by atoms with E-state index in [0.29, 0.717) is 11.8 Å². The standard InChI is InChI=1S/C21H23BrN2/c1-14(2)18-9-6-10-19(15(3)4)21(18)24-12-20(23-13-24)16-7-5-8-17(22)11-16/h5-15H,1-4H3. The van der Waals surface area contributed by atoms with Crippen molar-refractivity contribution < 1.29 is 0 Å². The van der Waals surface area contributed by atoms with Gasteiger partial charge < -0.3 is 4.57 Å². The smallest absolute Gasteiger partial charge is 0.0999 e. The van der Waals surface area contributed by atoms with Crippen molar-refractivity contribution in [1.29, 1.82) is 0 Å². The molecule has 2 nitrogen and oxygen atoms in total. The molecule has 24 heavy (non-hydrogen) atoms. The van der Waals surface area contributed by atoms with Crippen LogP contribution in [0.3, 0.4) is 0 Å². The van der Waals surface area contributed by atoms with Crippen LogP contribution in [0.5, 0.6) is 0 Å². The van der Waals surface area contributed by atoms with E-state index in [1.54, 1.807) is 0 Å². The minimum atomic E-state index is 0.468. The molecule has 3 rings (SSSR count). The molecule has 0 spiro atoms. The normalized spacial score (nSPS) is 11.5. The molecule has 0 aliphatic carbocycles. The Kier molecular flexibility index (Phi) is 4.91. The van der Waals surface area contributed by atoms with Gasteiger partial charge in [-0.25, -0.2) is 4.98 Å². The Balaban J connectivity index is 2.13. The molecule has 0 aliphatic rings. The van der Waals surface area contributed by atoms with Gasteiger partial charge in [0.15, 0.2) is 0 Å². The minimum absolute atomic E-state index is 0.468. The van der Waals surface area contributed by atoms with Crippen molar-refractivity contribution in [3.05, 3.63) is 70.6 Å². The third-order valence-electron chi connectivity index (χ3n) is 4.30. The van der Waals surface area contributed by atoms with Crippen LogP contribution in [0, 0.1) is 0 Å². The summed E-state index contributed by atoms with van der Waals surface area (Å²) in [4.78, 5) is 4.65. The van der Waals surface area contributed by atoms with Crippen molar-refractivity contribution in [3.63, 3.8) is 0 Å². The Morgan fingerprint density at radius 2 is 1.54 bits per heavy atom. The van der Waals surface area contributed by atoms with E-state index < -0.39 is 0 Å². The lowest BCUT2D eigenvalue weighted by Crippen LogP contribution is -2.05. The van der Waals surface area contributed by atoms with Gasteiger partial charge in [-0.05, 0) is 35.1 Å². The Morgan fingerprint density at radius 1 is 0.917 bits per heavy atom. The SMILES string of the molecule is CC(C)c1cccc(C(C)C)c1-n1cnc(-c2cccc(Br)c2)c1. The fraction of sp³-hybridized carbons (Fsp3) is 0.286. The average molecular weight is 383 g/mol. The summed E-state index contributed by atoms with van der Waals surface area (Å²) >= 11 is 3.54. The zero-order valence-corrected chi connectivity index (χ0v) is 16.2. The van der Waals surface area contributed by atoms with E-state index in [9.17, 15) is 0 Å². The number of benzene rings is 2. The molecule has 0 fully saturated rings. The van der Waals surface area contributed by atoms with Crippen molar-refractivity contribution >= 4 is 15.9 Å². The molecule has 124 valence electrons. The van der Waals surface area contributed by atoms with E-state index >= 15 is 0 Å². The summed E-state index contributed by atoms with van der Waals surface area (Å²) in [5.74, 6) is 0.936. The highest BCUT2D eigenvalue weighted by molar-refractivity contribution is 9.10. The van der Waals surface area contributed by atoms with Crippen molar-refractivity contribution in [3.8, 4) is 16.9 Å². The highest BCUT2D eigenvalue weighted by atomic mass is 79.9. The van der Waals surface area contributed by atoms with Crippen LogP contribution in [-0.4, -0.2) is 9.55 Å². The van der Waals surface area contributed by atoms with Gasteiger partial charge >= 0.3 is 0 Å². The van der Waals surface area contributed by atoms with E-state index in [1.165, 1.54) is 16.8 Å². The van der Waals surface area contributed by atoms with Gasteiger partial charge in [0.2, 0.25) is 0 Å². The third kappa shape index (κ3) is 3.32. The Hall–Kier alpha value is -1.87. The molecular weight excluding hydrogens is 360 g/mol. The number of hydrogen-bond donors (Lipinski definition) is 0. The van der Waals surface area contributed by atoms with E-state index in [4.69, 9.17) is 0 Å². The first-order valence-corrected chi connectivity index (χ1v) is 9.19. The fourth-order valence-corrected chi connectivity index (χ4v) is 3.45. The number of hydrogen-bond acceptors (Lipinski definition) is 1. The highest BCUT2D eigenvalue weighted by Crippen LogP contribution is 2.32. The maximum absolute atomic E-state index is 4.65. The van der Waals surface area contributed by atoms with Gasteiger partial charge in [-0.3, -0.25) is 0 Å². The summed E-state index contributed by atoms with van der Waals surface area (Å²) in [6, 6.07) is 14.9. The molecule has 1 aromatic heterocycles. The Bertz CT molecular complexity index is 820. The summed E-state index contributed by atoms with van der Waals surface area (Å²) in [7, 11) is 0. The number of imidazole rings is 1. The van der Waals surface area contributed by atoms with E-state index in [-0.39, 0.29) is 0 Å². The number of nitrogens with zero attached hydrogens (tertiary/aromatic N) is 2. The second-order valence-corrected chi connectivity index (χ2v) is 7.69. The van der Waals surface area contributed by atoms with E-state index in [0.717, 1.165) is 15.7 Å². The van der Waals surface area contributed by atoms with Crippen LogP contribution in [-0.2, 0) is 0 Å². The second kappa shape index (κ2) is 6.94. The van der Waals surface area contributed by atoms with Crippen LogP contribution >= 0.6 is 15.9 Å². The Labute approximate surface area is 152 Å². The van der Waals surface area contributed by atoms with Crippen LogP contribution in [0.1, 0.15) is 50.7 Å². The second-order valence-electron chi connectivity index (χ2n) is 6.77. The molecule has 3 heteroatoms. The van der Waals surface area contributed by atoms with Gasteiger partial charge in [-0.1, -0.05) is 74.0 Å². The molecule has 0 aliphatic heterocycles. The van der Waals surface area contributed by atoms with Gasteiger partial charge in [0.25, 0.3) is 0 Å². The van der Waals surface area contributed by atoms with Crippen molar-refractivity contribution in [1.82, 2.24) is 9.55 Å². The molecule has 0 saturated carbocycles. The molecule has 2 aromatic carbocycles. The van der Waals surface area contributed by atoms with Crippen molar-refractivity contribution in [2.24, 2.45) is 0 Å². The van der Waals surface area contributed by atoms with Gasteiger partial charge in [0.1, 0.15) is 0 Å². The lowest BCUT2D eigenvalue weighted by atomic mass is 9.92. The van der Waals surface area contributed by atoms with Crippen LogP contribution in [0.2, 0.25) is 0 Å². The summed E-state index contributed by atoms with van der Waals surface area (Å²) in [6.07, 6.45) is 4.07. The van der Waals surface area contributed by atoms with Gasteiger partial charge in [-0.2, -0.15) is 0 Å². The van der Waals surface area contributed by atoms with Crippen LogP contribution in [0.25, 0.3) is 16.9 Å². The molecule has 1 heterocycles. The lowest BCUT2D eigenvalue weighted by molar-refractivity contribution is 0.805. The van der Waals surface area contributed by atoms with Crippen molar-refractivity contribution in [2.45, 2.75) is 39.5 Å². The van der Waals surface area contributed by atoms with Gasteiger partial charge in [0.05, 0.1) is 17.7 Å². The number of halogens is 1. The summed E-state index contributed by atoms with van der Waals surface area (Å²) in [5, 5.41) is 0. The maximum atomic E-state index is 4.65. The van der Waals surface area contributed by atoms with Crippen LogP contribution < -0.4 is 0 Å². The molecule has 0 unspecified atom stereocenters. The predicted octanol–water partition coefficient (Wildman–Crippen LogP) is 6.55. The quantitative estimate of drug-likeness (QED) is 0.500. The molecule has 0 atom stereocenters. The summed E-state index contributed by atoms with van der Waals surface area (Å²) < 4.78 is 3.25. The predicted molar refractivity (Wildman–Crippen MR) is 105 cm³/mol. The molecule has 3 aromatic rings. The van der Waals surface area contributed by atoms with Crippen LogP contribution in [0.15, 0.2) is 59.5 Å². The molecule has 0 radical (unpaired) electrons. The molecular formula is C21H23BrN2. The summed E-state index contributed by atoms with van der Waals surface area (Å²) in [5.41, 5.74) is 6.11. The van der Waals surface area contributed by atoms with Gasteiger partial charge in [-0.15, -0.1) is 0 Å². The molecule has 0 saturated heterocycles.